The van der Waals surface area contributed by atoms with Gasteiger partial charge >= 0.3 is 0 Å². The van der Waals surface area contributed by atoms with E-state index >= 15 is 0 Å². The molecule has 3 rings (SSSR count). The van der Waals surface area contributed by atoms with Gasteiger partial charge in [-0.2, -0.15) is 0 Å². The fraction of sp³-hybridized carbons (Fsp3) is 0.0625. The van der Waals surface area contributed by atoms with Crippen molar-refractivity contribution in [1.29, 1.82) is 0 Å². The minimum Gasteiger partial charge on any atom is -0.0756 e. The molecule has 0 heterocycles. The van der Waals surface area contributed by atoms with E-state index in [1.54, 1.807) is 0 Å². The molecular formula is C16H13. The first-order valence-corrected chi connectivity index (χ1v) is 5.60. The lowest BCUT2D eigenvalue weighted by Gasteiger charge is -2.15. The van der Waals surface area contributed by atoms with Gasteiger partial charge in [0.1, 0.15) is 0 Å². The largest absolute Gasteiger partial charge is 0.0756 e. The van der Waals surface area contributed by atoms with E-state index in [-0.39, 0.29) is 0 Å². The SMILES string of the molecule is [CH]1C=C1C(c1ccccc1)c1ccccc1. The average Bonchev–Trinajstić information content (AvgIpc) is 3.17. The van der Waals surface area contributed by atoms with Gasteiger partial charge in [-0.25, -0.2) is 0 Å². The van der Waals surface area contributed by atoms with Gasteiger partial charge in [0.25, 0.3) is 0 Å². The van der Waals surface area contributed by atoms with Gasteiger partial charge in [0, 0.05) is 12.3 Å². The van der Waals surface area contributed by atoms with Crippen molar-refractivity contribution in [1.82, 2.24) is 0 Å². The van der Waals surface area contributed by atoms with Gasteiger partial charge in [0.15, 0.2) is 0 Å². The van der Waals surface area contributed by atoms with Crippen LogP contribution in [0.5, 0.6) is 0 Å². The van der Waals surface area contributed by atoms with Crippen molar-refractivity contribution in [2.75, 3.05) is 0 Å². The summed E-state index contributed by atoms with van der Waals surface area (Å²) < 4.78 is 0. The van der Waals surface area contributed by atoms with E-state index in [0.29, 0.717) is 5.92 Å². The van der Waals surface area contributed by atoms with Gasteiger partial charge in [-0.05, 0) is 11.1 Å². The lowest BCUT2D eigenvalue weighted by molar-refractivity contribution is 1.00. The zero-order valence-electron chi connectivity index (χ0n) is 9.01. The smallest absolute Gasteiger partial charge is 0.0305 e. The first-order valence-electron chi connectivity index (χ1n) is 5.60. The first kappa shape index (κ1) is 9.41. The predicted octanol–water partition coefficient (Wildman–Crippen LogP) is 3.96. The van der Waals surface area contributed by atoms with Crippen LogP contribution < -0.4 is 0 Å². The van der Waals surface area contributed by atoms with Gasteiger partial charge in [-0.3, -0.25) is 0 Å². The van der Waals surface area contributed by atoms with Crippen molar-refractivity contribution < 1.29 is 0 Å². The molecule has 0 nitrogen and oxygen atoms in total. The quantitative estimate of drug-likeness (QED) is 0.711. The Labute approximate surface area is 96.3 Å². The van der Waals surface area contributed by atoms with Crippen LogP contribution in [-0.4, -0.2) is 0 Å². The summed E-state index contributed by atoms with van der Waals surface area (Å²) in [7, 11) is 0. The van der Waals surface area contributed by atoms with Crippen LogP contribution in [0.1, 0.15) is 17.0 Å². The van der Waals surface area contributed by atoms with E-state index in [2.05, 4.69) is 73.2 Å². The van der Waals surface area contributed by atoms with Crippen molar-refractivity contribution in [3.8, 4) is 0 Å². The lowest BCUT2D eigenvalue weighted by atomic mass is 9.89. The molecule has 0 bridgehead atoms. The highest BCUT2D eigenvalue weighted by Crippen LogP contribution is 2.39. The van der Waals surface area contributed by atoms with Crippen molar-refractivity contribution in [3.63, 3.8) is 0 Å². The van der Waals surface area contributed by atoms with Crippen molar-refractivity contribution in [2.24, 2.45) is 0 Å². The Balaban J connectivity index is 2.03. The Bertz CT molecular complexity index is 455. The Kier molecular flexibility index (Phi) is 2.34. The third-order valence-electron chi connectivity index (χ3n) is 2.96. The van der Waals surface area contributed by atoms with Crippen LogP contribution in [0.2, 0.25) is 0 Å². The summed E-state index contributed by atoms with van der Waals surface area (Å²) >= 11 is 0. The molecule has 1 aliphatic rings. The highest BCUT2D eigenvalue weighted by Gasteiger charge is 2.23. The maximum atomic E-state index is 2.20. The molecule has 0 heteroatoms. The third kappa shape index (κ3) is 1.79. The maximum Gasteiger partial charge on any atom is 0.0305 e. The summed E-state index contributed by atoms with van der Waals surface area (Å²) in [6.45, 7) is 0. The second-order valence-corrected chi connectivity index (χ2v) is 4.09. The molecule has 1 aliphatic carbocycles. The summed E-state index contributed by atoms with van der Waals surface area (Å²) in [5, 5.41) is 0. The molecule has 2 aromatic rings. The molecule has 0 atom stereocenters. The molecule has 0 fully saturated rings. The zero-order chi connectivity index (χ0) is 10.8. The topological polar surface area (TPSA) is 0 Å². The van der Waals surface area contributed by atoms with Crippen LogP contribution in [-0.2, 0) is 0 Å². The van der Waals surface area contributed by atoms with Crippen molar-refractivity contribution in [2.45, 2.75) is 5.92 Å². The van der Waals surface area contributed by atoms with E-state index in [1.165, 1.54) is 16.7 Å². The van der Waals surface area contributed by atoms with Crippen LogP contribution in [0.3, 0.4) is 0 Å². The molecule has 0 aliphatic heterocycles. The van der Waals surface area contributed by atoms with E-state index in [4.69, 9.17) is 0 Å². The molecule has 77 valence electrons. The Morgan fingerprint density at radius 2 is 1.06 bits per heavy atom. The number of rotatable bonds is 3. The predicted molar refractivity (Wildman–Crippen MR) is 67.1 cm³/mol. The fourth-order valence-corrected chi connectivity index (χ4v) is 2.11. The molecule has 0 unspecified atom stereocenters. The zero-order valence-corrected chi connectivity index (χ0v) is 9.01. The fourth-order valence-electron chi connectivity index (χ4n) is 2.11. The molecule has 0 N–H and O–H groups in total. The van der Waals surface area contributed by atoms with Crippen LogP contribution in [0.4, 0.5) is 0 Å². The summed E-state index contributed by atoms with van der Waals surface area (Å²) in [4.78, 5) is 0. The van der Waals surface area contributed by atoms with Crippen LogP contribution in [0.15, 0.2) is 72.3 Å². The molecular weight excluding hydrogens is 192 g/mol. The van der Waals surface area contributed by atoms with Gasteiger partial charge in [-0.1, -0.05) is 72.3 Å². The molecule has 0 amide bonds. The molecule has 0 aromatic heterocycles. The molecule has 0 saturated heterocycles. The number of hydrogen-bond acceptors (Lipinski definition) is 0. The van der Waals surface area contributed by atoms with Crippen LogP contribution >= 0.6 is 0 Å². The van der Waals surface area contributed by atoms with Gasteiger partial charge in [-0.15, -0.1) is 0 Å². The van der Waals surface area contributed by atoms with Crippen molar-refractivity contribution in [3.05, 3.63) is 89.9 Å². The number of hydrogen-bond donors (Lipinski definition) is 0. The number of benzene rings is 2. The average molecular weight is 205 g/mol. The molecule has 16 heavy (non-hydrogen) atoms. The lowest BCUT2D eigenvalue weighted by Crippen LogP contribution is -1.99. The summed E-state index contributed by atoms with van der Waals surface area (Å²) in [5.41, 5.74) is 4.17. The normalized spacial score (nSPS) is 13.7. The Hall–Kier alpha value is -1.82. The first-order chi connectivity index (χ1) is 7.95. The van der Waals surface area contributed by atoms with E-state index in [9.17, 15) is 0 Å². The van der Waals surface area contributed by atoms with Gasteiger partial charge in [0.2, 0.25) is 0 Å². The monoisotopic (exact) mass is 205 g/mol. The molecule has 1 radical (unpaired) electrons. The molecule has 2 aromatic carbocycles. The summed E-state index contributed by atoms with van der Waals surface area (Å²) in [5.74, 6) is 0.419. The van der Waals surface area contributed by atoms with Crippen LogP contribution in [0.25, 0.3) is 0 Å². The maximum absolute atomic E-state index is 2.20. The van der Waals surface area contributed by atoms with E-state index < -0.39 is 0 Å². The van der Waals surface area contributed by atoms with E-state index in [1.807, 2.05) is 0 Å². The second kappa shape index (κ2) is 3.97. The van der Waals surface area contributed by atoms with Gasteiger partial charge in [0.05, 0.1) is 0 Å². The minimum atomic E-state index is 0.419. The standard InChI is InChI=1S/C16H13/c1-3-7-13(8-4-1)16(15-11-12-15)14-9-5-2-6-10-14/h1-12,16H. The van der Waals surface area contributed by atoms with Gasteiger partial charge < -0.3 is 0 Å². The Morgan fingerprint density at radius 1 is 0.625 bits per heavy atom. The molecule has 0 saturated carbocycles. The number of allylic oxidation sites excluding steroid dienone is 2. The van der Waals surface area contributed by atoms with E-state index in [0.717, 1.165) is 0 Å². The van der Waals surface area contributed by atoms with Crippen LogP contribution in [0, 0.1) is 6.42 Å². The highest BCUT2D eigenvalue weighted by molar-refractivity contribution is 5.53. The second-order valence-electron chi connectivity index (χ2n) is 4.09. The highest BCUT2D eigenvalue weighted by atomic mass is 14.3. The summed E-state index contributed by atoms with van der Waals surface area (Å²) in [6, 6.07) is 21.3. The third-order valence-corrected chi connectivity index (χ3v) is 2.96. The molecule has 0 spiro atoms. The van der Waals surface area contributed by atoms with Crippen molar-refractivity contribution >= 4 is 0 Å². The minimum absolute atomic E-state index is 0.419. The summed E-state index contributed by atoms with van der Waals surface area (Å²) in [6.07, 6.45) is 4.40. The Morgan fingerprint density at radius 3 is 1.44 bits per heavy atom.